The van der Waals surface area contributed by atoms with E-state index < -0.39 is 46.4 Å². The third-order valence-electron chi connectivity index (χ3n) is 14.6. The van der Waals surface area contributed by atoms with Crippen molar-refractivity contribution in [2.75, 3.05) is 20.3 Å². The van der Waals surface area contributed by atoms with E-state index in [1.807, 2.05) is 13.0 Å². The molecule has 5 aliphatic carbocycles. The van der Waals surface area contributed by atoms with Gasteiger partial charge < -0.3 is 35.0 Å². The first-order valence-electron chi connectivity index (χ1n) is 18.1. The van der Waals surface area contributed by atoms with Gasteiger partial charge in [-0.3, -0.25) is 4.79 Å². The van der Waals surface area contributed by atoms with E-state index in [0.29, 0.717) is 17.9 Å². The van der Waals surface area contributed by atoms with Crippen LogP contribution in [0.5, 0.6) is 11.5 Å². The van der Waals surface area contributed by atoms with Gasteiger partial charge in [0.1, 0.15) is 6.61 Å². The Kier molecular flexibility index (Phi) is 9.20. The van der Waals surface area contributed by atoms with Gasteiger partial charge in [-0.1, -0.05) is 46.3 Å². The summed E-state index contributed by atoms with van der Waals surface area (Å²) in [5.41, 5.74) is -0.794. The van der Waals surface area contributed by atoms with Crippen molar-refractivity contribution in [2.24, 2.45) is 50.7 Å². The van der Waals surface area contributed by atoms with Crippen LogP contribution in [-0.4, -0.2) is 75.9 Å². The van der Waals surface area contributed by atoms with E-state index >= 15 is 0 Å². The number of ketones is 1. The fourth-order valence-corrected chi connectivity index (χ4v) is 12.3. The van der Waals surface area contributed by atoms with E-state index in [-0.39, 0.29) is 59.6 Å². The molecule has 5 N–H and O–H groups in total. The van der Waals surface area contributed by atoms with E-state index in [9.17, 15) is 35.1 Å². The highest BCUT2D eigenvalue weighted by molar-refractivity contribution is 5.95. The van der Waals surface area contributed by atoms with Gasteiger partial charge in [0.25, 0.3) is 0 Å². The number of phenols is 1. The smallest absolute Gasteiger partial charge is 0.330 e. The second kappa shape index (κ2) is 12.5. The van der Waals surface area contributed by atoms with Crippen LogP contribution in [0.15, 0.2) is 35.9 Å². The molecule has 6 rings (SSSR count). The summed E-state index contributed by atoms with van der Waals surface area (Å²) in [6, 6.07) is 4.69. The maximum Gasteiger partial charge on any atom is 0.330 e. The van der Waals surface area contributed by atoms with Crippen LogP contribution in [0.3, 0.4) is 0 Å². The summed E-state index contributed by atoms with van der Waals surface area (Å²) in [7, 11) is 1.44. The van der Waals surface area contributed by atoms with Crippen LogP contribution >= 0.6 is 0 Å². The van der Waals surface area contributed by atoms with Gasteiger partial charge in [-0.15, -0.1) is 0 Å². The predicted molar refractivity (Wildman–Crippen MR) is 184 cm³/mol. The van der Waals surface area contributed by atoms with Crippen molar-refractivity contribution in [1.29, 1.82) is 0 Å². The molecule has 12 atom stereocenters. The number of phenolic OH excluding ortho intramolecular Hbond substituents is 1. The molecule has 1 aromatic carbocycles. The van der Waals surface area contributed by atoms with Gasteiger partial charge in [-0.05, 0) is 115 Å². The van der Waals surface area contributed by atoms with E-state index in [2.05, 4.69) is 20.8 Å². The number of aromatic hydroxyl groups is 1. The quantitative estimate of drug-likeness (QED) is 0.201. The minimum absolute atomic E-state index is 0.0135. The maximum absolute atomic E-state index is 14.3. The number of hydrogen-bond acceptors (Lipinski definition) is 9. The van der Waals surface area contributed by atoms with Crippen LogP contribution in [-0.2, 0) is 14.3 Å². The second-order valence-electron chi connectivity index (χ2n) is 17.5. The van der Waals surface area contributed by atoms with Crippen LogP contribution in [0.25, 0.3) is 6.08 Å². The number of methoxy groups -OCH3 is 1. The fourth-order valence-electron chi connectivity index (χ4n) is 12.3. The zero-order chi connectivity index (χ0) is 35.7. The number of carbonyl (C=O) groups is 2. The minimum Gasteiger partial charge on any atom is -0.504 e. The van der Waals surface area contributed by atoms with Gasteiger partial charge in [0, 0.05) is 22.8 Å². The minimum atomic E-state index is -1.27. The van der Waals surface area contributed by atoms with Gasteiger partial charge in [0.05, 0.1) is 32.0 Å². The Labute approximate surface area is 290 Å². The molecule has 4 fully saturated rings. The van der Waals surface area contributed by atoms with Crippen LogP contribution in [0.4, 0.5) is 0 Å². The Morgan fingerprint density at radius 3 is 2.39 bits per heavy atom. The van der Waals surface area contributed by atoms with E-state index in [1.54, 1.807) is 19.1 Å². The SMILES string of the molecule is COc1cc(C=CC(=O)OC[C@]2(C)[C@@H]3C(=O)C=C4C[C@]5(C)CC[C@@H]6[C@](C)(CC[C@@H](O)[C@]6(C)CO)[C@H]5CC[C@@H]4[C@@]3(C)C[C@@H](O)[C@H]2O)ccc1O. The first-order chi connectivity index (χ1) is 23.0. The predicted octanol–water partition coefficient (Wildman–Crippen LogP) is 5.21. The molecular formula is C40H56O9. The number of ether oxygens (including phenoxy) is 2. The Hall–Kier alpha value is -2.72. The largest absolute Gasteiger partial charge is 0.504 e. The van der Waals surface area contributed by atoms with Gasteiger partial charge in [-0.25, -0.2) is 4.79 Å². The molecule has 4 saturated carbocycles. The first kappa shape index (κ1) is 36.1. The summed E-state index contributed by atoms with van der Waals surface area (Å²) in [4.78, 5) is 27.3. The normalized spacial score (nSPS) is 44.9. The summed E-state index contributed by atoms with van der Waals surface area (Å²) in [6.45, 7) is 10.4. The van der Waals surface area contributed by atoms with Crippen molar-refractivity contribution in [3.05, 3.63) is 41.5 Å². The summed E-state index contributed by atoms with van der Waals surface area (Å²) in [5, 5.41) is 54.3. The van der Waals surface area contributed by atoms with Gasteiger partial charge in [0.15, 0.2) is 17.3 Å². The molecule has 270 valence electrons. The lowest BCUT2D eigenvalue weighted by atomic mass is 9.42. The Balaban J connectivity index is 1.27. The van der Waals surface area contributed by atoms with Crippen molar-refractivity contribution in [1.82, 2.24) is 0 Å². The van der Waals surface area contributed by atoms with Gasteiger partial charge in [0.2, 0.25) is 0 Å². The molecule has 0 spiro atoms. The molecule has 0 aromatic heterocycles. The lowest BCUT2D eigenvalue weighted by Gasteiger charge is -2.64. The van der Waals surface area contributed by atoms with Crippen LogP contribution in [0.2, 0.25) is 0 Å². The van der Waals surface area contributed by atoms with Crippen molar-refractivity contribution < 1.29 is 44.6 Å². The standard InChI is InChI=1S/C40H56O9/c1-36-15-13-31-37(2,16-14-32(45)39(31,4)21-41)30(36)11-9-25-24(19-36)18-27(43)34-38(25,3)20-28(44)35(47)40(34,5)22-49-33(46)12-8-23-7-10-26(42)29(17-23)48-6/h7-8,10,12,17-18,25,28,30-32,34-35,41-42,44-45,47H,9,11,13-16,19-22H2,1-6H3/t25-,28+,30-,31+,32+,34+,35+,36-,37+,38+,39+,40+/m0/s1. The highest BCUT2D eigenvalue weighted by Gasteiger charge is 2.67. The third-order valence-corrected chi connectivity index (χ3v) is 14.6. The van der Waals surface area contributed by atoms with Crippen molar-refractivity contribution >= 4 is 17.8 Å². The summed E-state index contributed by atoms with van der Waals surface area (Å²) >= 11 is 0. The maximum atomic E-state index is 14.3. The first-order valence-corrected chi connectivity index (χ1v) is 18.1. The second-order valence-corrected chi connectivity index (χ2v) is 17.5. The third kappa shape index (κ3) is 5.58. The molecule has 5 aliphatic rings. The van der Waals surface area contributed by atoms with Crippen molar-refractivity contribution in [3.8, 4) is 11.5 Å². The Bertz CT molecular complexity index is 1540. The van der Waals surface area contributed by atoms with Crippen molar-refractivity contribution in [3.63, 3.8) is 0 Å². The molecule has 0 heterocycles. The van der Waals surface area contributed by atoms with Crippen LogP contribution in [0, 0.1) is 50.7 Å². The lowest BCUT2D eigenvalue weighted by molar-refractivity contribution is -0.201. The monoisotopic (exact) mass is 680 g/mol. The summed E-state index contributed by atoms with van der Waals surface area (Å²) in [6.07, 6.45) is 8.02. The zero-order valence-electron chi connectivity index (χ0n) is 29.9. The highest BCUT2D eigenvalue weighted by atomic mass is 16.5. The molecule has 49 heavy (non-hydrogen) atoms. The molecule has 9 nitrogen and oxygen atoms in total. The van der Waals surface area contributed by atoms with E-state index in [4.69, 9.17) is 9.47 Å². The van der Waals surface area contributed by atoms with E-state index in [0.717, 1.165) is 44.1 Å². The average molecular weight is 681 g/mol. The number of aliphatic hydroxyl groups is 4. The topological polar surface area (TPSA) is 154 Å². The molecule has 0 unspecified atom stereocenters. The number of carbonyl (C=O) groups excluding carboxylic acids is 2. The molecular weight excluding hydrogens is 624 g/mol. The van der Waals surface area contributed by atoms with E-state index in [1.165, 1.54) is 25.3 Å². The molecule has 0 bridgehead atoms. The number of fused-ring (bicyclic) bond motifs is 6. The number of esters is 1. The van der Waals surface area contributed by atoms with Crippen molar-refractivity contribution in [2.45, 2.75) is 104 Å². The van der Waals surface area contributed by atoms with Crippen LogP contribution < -0.4 is 4.74 Å². The van der Waals surface area contributed by atoms with Crippen LogP contribution in [0.1, 0.15) is 91.5 Å². The number of aliphatic hydroxyl groups excluding tert-OH is 4. The number of allylic oxidation sites excluding steroid dienone is 2. The van der Waals surface area contributed by atoms with Gasteiger partial charge >= 0.3 is 5.97 Å². The Morgan fingerprint density at radius 2 is 1.69 bits per heavy atom. The molecule has 0 radical (unpaired) electrons. The average Bonchev–Trinajstić information content (AvgIpc) is 3.21. The number of benzene rings is 1. The molecule has 0 aliphatic heterocycles. The molecule has 9 heteroatoms. The summed E-state index contributed by atoms with van der Waals surface area (Å²) < 4.78 is 10.9. The molecule has 0 amide bonds. The number of rotatable bonds is 6. The zero-order valence-corrected chi connectivity index (χ0v) is 29.9. The molecule has 1 aromatic rings. The summed E-state index contributed by atoms with van der Waals surface area (Å²) in [5.74, 6) is -0.594. The molecule has 0 saturated heterocycles. The highest BCUT2D eigenvalue weighted by Crippen LogP contribution is 2.70. The lowest BCUT2D eigenvalue weighted by Crippen LogP contribution is -2.64. The Morgan fingerprint density at radius 1 is 0.959 bits per heavy atom. The number of hydrogen-bond donors (Lipinski definition) is 5. The van der Waals surface area contributed by atoms with Gasteiger partial charge in [-0.2, -0.15) is 0 Å². The fraction of sp³-hybridized carbons (Fsp3) is 0.700.